The van der Waals surface area contributed by atoms with Gasteiger partial charge in [0, 0.05) is 25.2 Å². The van der Waals surface area contributed by atoms with Crippen molar-refractivity contribution >= 4 is 17.2 Å². The van der Waals surface area contributed by atoms with Crippen LogP contribution in [0.25, 0.3) is 0 Å². The van der Waals surface area contributed by atoms with Crippen LogP contribution in [0.15, 0.2) is 36.4 Å². The Bertz CT molecular complexity index is 774. The highest BCUT2D eigenvalue weighted by atomic mass is 19.1. The molecule has 0 amide bonds. The van der Waals surface area contributed by atoms with E-state index in [0.717, 1.165) is 0 Å². The van der Waals surface area contributed by atoms with Gasteiger partial charge in [0.05, 0.1) is 4.92 Å². The number of benzene rings is 2. The second kappa shape index (κ2) is 6.56. The maximum atomic E-state index is 13.6. The van der Waals surface area contributed by atoms with Crippen LogP contribution in [0.3, 0.4) is 0 Å². The highest BCUT2D eigenvalue weighted by Crippen LogP contribution is 2.29. The smallest absolute Gasteiger partial charge is 0.293 e. The van der Waals surface area contributed by atoms with Crippen LogP contribution in [0.4, 0.5) is 15.8 Å². The fraction of sp³-hybridized carbons (Fsp3) is 0.235. The van der Waals surface area contributed by atoms with Gasteiger partial charge in [0.2, 0.25) is 0 Å². The quantitative estimate of drug-likeness (QED) is 0.477. The molecule has 0 radical (unpaired) electrons. The molecule has 5 nitrogen and oxygen atoms in total. The van der Waals surface area contributed by atoms with Crippen molar-refractivity contribution in [3.63, 3.8) is 0 Å². The summed E-state index contributed by atoms with van der Waals surface area (Å²) in [7, 11) is 1.69. The first-order chi connectivity index (χ1) is 10.8. The van der Waals surface area contributed by atoms with Gasteiger partial charge in [0.15, 0.2) is 5.78 Å². The Kier molecular flexibility index (Phi) is 4.74. The molecule has 23 heavy (non-hydrogen) atoms. The standard InChI is InChI=1S/C17H17FN2O3/c1-11-4-5-13(8-15(11)18)10-19(3)16-7-6-14(12(2)21)9-17(16)20(22)23/h4-9H,10H2,1-3H3. The summed E-state index contributed by atoms with van der Waals surface area (Å²) in [4.78, 5) is 23.8. The molecule has 6 heteroatoms. The summed E-state index contributed by atoms with van der Waals surface area (Å²) in [6, 6.07) is 9.23. The number of halogens is 1. The zero-order valence-corrected chi connectivity index (χ0v) is 13.2. The summed E-state index contributed by atoms with van der Waals surface area (Å²) < 4.78 is 13.6. The van der Waals surface area contributed by atoms with Crippen LogP contribution in [-0.2, 0) is 6.54 Å². The Labute approximate surface area is 133 Å². The Morgan fingerprint density at radius 1 is 1.26 bits per heavy atom. The first-order valence-corrected chi connectivity index (χ1v) is 7.05. The molecule has 0 aliphatic carbocycles. The molecule has 0 aromatic heterocycles. The number of hydrogen-bond acceptors (Lipinski definition) is 4. The van der Waals surface area contributed by atoms with Crippen LogP contribution in [0, 0.1) is 22.9 Å². The molecule has 0 aliphatic rings. The van der Waals surface area contributed by atoms with E-state index < -0.39 is 4.92 Å². The van der Waals surface area contributed by atoms with E-state index in [0.29, 0.717) is 23.4 Å². The average Bonchev–Trinajstić information content (AvgIpc) is 2.50. The predicted molar refractivity (Wildman–Crippen MR) is 86.3 cm³/mol. The number of ketones is 1. The maximum absolute atomic E-state index is 13.6. The lowest BCUT2D eigenvalue weighted by molar-refractivity contribution is -0.384. The van der Waals surface area contributed by atoms with Gasteiger partial charge in [-0.2, -0.15) is 0 Å². The zero-order chi connectivity index (χ0) is 17.1. The summed E-state index contributed by atoms with van der Waals surface area (Å²) >= 11 is 0. The topological polar surface area (TPSA) is 63.5 Å². The summed E-state index contributed by atoms with van der Waals surface area (Å²) in [5.74, 6) is -0.541. The second-order valence-corrected chi connectivity index (χ2v) is 5.46. The number of hydrogen-bond donors (Lipinski definition) is 0. The third kappa shape index (κ3) is 3.71. The van der Waals surface area contributed by atoms with E-state index in [-0.39, 0.29) is 22.9 Å². The van der Waals surface area contributed by atoms with Crippen LogP contribution in [-0.4, -0.2) is 17.8 Å². The number of Topliss-reactive ketones (excluding diaryl/α,β-unsaturated/α-hetero) is 1. The summed E-state index contributed by atoms with van der Waals surface area (Å²) in [6.07, 6.45) is 0. The molecule has 0 spiro atoms. The second-order valence-electron chi connectivity index (χ2n) is 5.46. The Hall–Kier alpha value is -2.76. The van der Waals surface area contributed by atoms with E-state index >= 15 is 0 Å². The average molecular weight is 316 g/mol. The van der Waals surface area contributed by atoms with Gasteiger partial charge >= 0.3 is 0 Å². The zero-order valence-electron chi connectivity index (χ0n) is 13.2. The van der Waals surface area contributed by atoms with Crippen molar-refractivity contribution in [2.75, 3.05) is 11.9 Å². The molecule has 2 aromatic carbocycles. The van der Waals surface area contributed by atoms with E-state index in [9.17, 15) is 19.3 Å². The van der Waals surface area contributed by atoms with E-state index in [1.807, 2.05) is 0 Å². The molecule has 0 bridgehead atoms. The van der Waals surface area contributed by atoms with Crippen LogP contribution in [0.1, 0.15) is 28.4 Å². The Morgan fingerprint density at radius 3 is 2.52 bits per heavy atom. The molecule has 0 unspecified atom stereocenters. The van der Waals surface area contributed by atoms with E-state index in [4.69, 9.17) is 0 Å². The molecule has 0 saturated heterocycles. The van der Waals surface area contributed by atoms with Crippen LogP contribution < -0.4 is 4.90 Å². The van der Waals surface area contributed by atoms with E-state index in [1.54, 1.807) is 43.1 Å². The van der Waals surface area contributed by atoms with Gasteiger partial charge in [0.1, 0.15) is 11.5 Å². The first kappa shape index (κ1) is 16.6. The van der Waals surface area contributed by atoms with Gasteiger partial charge in [-0.3, -0.25) is 14.9 Å². The summed E-state index contributed by atoms with van der Waals surface area (Å²) in [5, 5.41) is 11.3. The number of nitro groups is 1. The highest BCUT2D eigenvalue weighted by Gasteiger charge is 2.19. The van der Waals surface area contributed by atoms with Gasteiger partial charge in [-0.15, -0.1) is 0 Å². The molecular formula is C17H17FN2O3. The van der Waals surface area contributed by atoms with Crippen molar-refractivity contribution in [2.45, 2.75) is 20.4 Å². The van der Waals surface area contributed by atoms with E-state index in [2.05, 4.69) is 0 Å². The van der Waals surface area contributed by atoms with Crippen molar-refractivity contribution in [2.24, 2.45) is 0 Å². The van der Waals surface area contributed by atoms with Gasteiger partial charge in [0.25, 0.3) is 5.69 Å². The van der Waals surface area contributed by atoms with Gasteiger partial charge in [-0.05, 0) is 43.2 Å². The number of aryl methyl sites for hydroxylation is 1. The normalized spacial score (nSPS) is 10.4. The van der Waals surface area contributed by atoms with Gasteiger partial charge < -0.3 is 4.90 Å². The fourth-order valence-corrected chi connectivity index (χ4v) is 2.31. The number of nitrogens with zero attached hydrogens (tertiary/aromatic N) is 2. The minimum Gasteiger partial charge on any atom is -0.365 e. The number of nitro benzene ring substituents is 1. The lowest BCUT2D eigenvalue weighted by Gasteiger charge is -2.20. The molecule has 0 N–H and O–H groups in total. The van der Waals surface area contributed by atoms with E-state index in [1.165, 1.54) is 19.1 Å². The third-order valence-corrected chi connectivity index (χ3v) is 3.65. The summed E-state index contributed by atoms with van der Waals surface area (Å²) in [5.41, 5.74) is 1.78. The van der Waals surface area contributed by atoms with Crippen molar-refractivity contribution in [3.8, 4) is 0 Å². The van der Waals surface area contributed by atoms with Crippen molar-refractivity contribution in [1.29, 1.82) is 0 Å². The highest BCUT2D eigenvalue weighted by molar-refractivity contribution is 5.95. The predicted octanol–water partition coefficient (Wildman–Crippen LogP) is 3.88. The van der Waals surface area contributed by atoms with Crippen molar-refractivity contribution < 1.29 is 14.1 Å². The lowest BCUT2D eigenvalue weighted by Crippen LogP contribution is -2.18. The SMILES string of the molecule is CC(=O)c1ccc(N(C)Cc2ccc(C)c(F)c2)c([N+](=O)[O-])c1. The number of carbonyl (C=O) groups excluding carboxylic acids is 1. The number of rotatable bonds is 5. The first-order valence-electron chi connectivity index (χ1n) is 7.05. The fourth-order valence-electron chi connectivity index (χ4n) is 2.31. The molecule has 0 atom stereocenters. The molecule has 2 rings (SSSR count). The molecule has 0 fully saturated rings. The summed E-state index contributed by atoms with van der Waals surface area (Å²) in [6.45, 7) is 3.35. The molecule has 0 heterocycles. The lowest BCUT2D eigenvalue weighted by atomic mass is 10.1. The van der Waals surface area contributed by atoms with Gasteiger partial charge in [-0.25, -0.2) is 4.39 Å². The minimum atomic E-state index is -0.520. The number of anilines is 1. The Balaban J connectivity index is 2.34. The molecule has 2 aromatic rings. The molecular weight excluding hydrogens is 299 g/mol. The largest absolute Gasteiger partial charge is 0.365 e. The van der Waals surface area contributed by atoms with Crippen molar-refractivity contribution in [1.82, 2.24) is 0 Å². The van der Waals surface area contributed by atoms with Crippen LogP contribution in [0.2, 0.25) is 0 Å². The monoisotopic (exact) mass is 316 g/mol. The molecule has 0 aliphatic heterocycles. The Morgan fingerprint density at radius 2 is 1.96 bits per heavy atom. The van der Waals surface area contributed by atoms with Crippen LogP contribution >= 0.6 is 0 Å². The molecule has 0 saturated carbocycles. The third-order valence-electron chi connectivity index (χ3n) is 3.65. The number of carbonyl (C=O) groups is 1. The molecule has 120 valence electrons. The van der Waals surface area contributed by atoms with Gasteiger partial charge in [-0.1, -0.05) is 12.1 Å². The maximum Gasteiger partial charge on any atom is 0.293 e. The minimum absolute atomic E-state index is 0.146. The van der Waals surface area contributed by atoms with Crippen LogP contribution in [0.5, 0.6) is 0 Å². The van der Waals surface area contributed by atoms with Crippen molar-refractivity contribution in [3.05, 3.63) is 69.0 Å².